The first kappa shape index (κ1) is 35.9. The Bertz CT molecular complexity index is 2100. The molecule has 4 amide bonds. The number of nitrogens with one attached hydrogen (secondary N) is 3. The molecule has 0 radical (unpaired) electrons. The Morgan fingerprint density at radius 2 is 1.94 bits per heavy atom. The van der Waals surface area contributed by atoms with Crippen LogP contribution < -0.4 is 20.1 Å². The molecule has 1 aromatic carbocycles. The Hall–Kier alpha value is -4.44. The average molecular weight is 756 g/mol. The van der Waals surface area contributed by atoms with Gasteiger partial charge in [-0.2, -0.15) is 4.98 Å². The normalized spacial score (nSPS) is 31.0. The molecule has 0 unspecified atom stereocenters. The topological polar surface area (TPSA) is 201 Å². The summed E-state index contributed by atoms with van der Waals surface area (Å²) in [6.45, 7) is 5.30. The zero-order chi connectivity index (χ0) is 37.2. The van der Waals surface area contributed by atoms with Gasteiger partial charge in [-0.05, 0) is 75.5 Å². The van der Waals surface area contributed by atoms with Crippen LogP contribution >= 0.6 is 11.6 Å². The zero-order valence-corrected chi connectivity index (χ0v) is 30.6. The number of nitrogens with zero attached hydrogens (tertiary/aromatic N) is 4. The predicted molar refractivity (Wildman–Crippen MR) is 190 cm³/mol. The fourth-order valence-electron chi connectivity index (χ4n) is 7.58. The monoisotopic (exact) mass is 755 g/mol. The average Bonchev–Trinajstić information content (AvgIpc) is 3.86. The quantitative estimate of drug-likeness (QED) is 0.270. The fraction of sp³-hybridized carbons (Fsp3) is 0.543. The van der Waals surface area contributed by atoms with E-state index < -0.39 is 74.1 Å². The molecular weight excluding hydrogens is 714 g/mol. The van der Waals surface area contributed by atoms with Gasteiger partial charge in [-0.1, -0.05) is 37.6 Å². The minimum Gasteiger partial charge on any atom is -0.472 e. The molecule has 3 aromatic rings. The summed E-state index contributed by atoms with van der Waals surface area (Å²) < 4.78 is 35.6. The fourth-order valence-corrected chi connectivity index (χ4v) is 9.07. The molecule has 2 aliphatic heterocycles. The van der Waals surface area contributed by atoms with Gasteiger partial charge in [0.25, 0.3) is 5.91 Å². The van der Waals surface area contributed by atoms with E-state index in [0.717, 1.165) is 6.42 Å². The zero-order valence-electron chi connectivity index (χ0n) is 29.0. The molecule has 15 nitrogen and oxygen atoms in total. The van der Waals surface area contributed by atoms with E-state index in [1.165, 1.54) is 4.90 Å². The number of halogens is 1. The number of amides is 4. The van der Waals surface area contributed by atoms with E-state index in [1.807, 2.05) is 19.1 Å². The molecule has 7 rings (SSSR count). The molecule has 4 heterocycles. The molecule has 2 aromatic heterocycles. The molecule has 17 heteroatoms. The molecular formula is C35H42ClN7O8S. The van der Waals surface area contributed by atoms with Gasteiger partial charge in [-0.25, -0.2) is 18.2 Å². The van der Waals surface area contributed by atoms with Crippen molar-refractivity contribution in [2.24, 2.45) is 17.8 Å². The number of rotatable bonds is 6. The van der Waals surface area contributed by atoms with E-state index in [-0.39, 0.29) is 31.2 Å². The lowest BCUT2D eigenvalue weighted by Crippen LogP contribution is -2.59. The summed E-state index contributed by atoms with van der Waals surface area (Å²) in [4.78, 5) is 64.8. The minimum atomic E-state index is -4.01. The van der Waals surface area contributed by atoms with E-state index in [0.29, 0.717) is 47.4 Å². The molecule has 52 heavy (non-hydrogen) atoms. The SMILES string of the molecule is C[C@H]1CC/C=C\[C@@H]2C[C@@]2(C(=O)NS(=O)(=O)C2(C)CC2)NC(=O)[C@@H]2C[C@@H](Oc3nc4nccn4c4ccc(Cl)cc34)CN2C(=O)[C@@H](NC(=O)O)[C@H](C)C1. The van der Waals surface area contributed by atoms with Crippen LogP contribution in [0.5, 0.6) is 5.88 Å². The molecule has 2 aliphatic carbocycles. The van der Waals surface area contributed by atoms with Crippen molar-refractivity contribution in [1.29, 1.82) is 0 Å². The lowest BCUT2D eigenvalue weighted by Gasteiger charge is -2.32. The first-order chi connectivity index (χ1) is 24.6. The Balaban J connectivity index is 1.24. The van der Waals surface area contributed by atoms with Crippen molar-refractivity contribution >= 4 is 62.1 Å². The molecule has 0 spiro atoms. The number of hydrogen-bond acceptors (Lipinski definition) is 9. The van der Waals surface area contributed by atoms with Crippen molar-refractivity contribution in [3.63, 3.8) is 0 Å². The van der Waals surface area contributed by atoms with Gasteiger partial charge in [0.2, 0.25) is 33.5 Å². The maximum Gasteiger partial charge on any atom is 0.405 e. The molecule has 3 fully saturated rings. The van der Waals surface area contributed by atoms with Crippen molar-refractivity contribution in [1.82, 2.24) is 34.6 Å². The number of fused-ring (bicyclic) bond motifs is 5. The summed E-state index contributed by atoms with van der Waals surface area (Å²) in [5, 5.41) is 16.0. The number of carbonyl (C=O) groups excluding carboxylic acids is 3. The van der Waals surface area contributed by atoms with Crippen LogP contribution in [0, 0.1) is 17.8 Å². The van der Waals surface area contributed by atoms with E-state index >= 15 is 0 Å². The second kappa shape index (κ2) is 13.2. The van der Waals surface area contributed by atoms with Crippen LogP contribution in [0.3, 0.4) is 0 Å². The smallest absolute Gasteiger partial charge is 0.405 e. The van der Waals surface area contributed by atoms with Crippen LogP contribution in [0.2, 0.25) is 5.02 Å². The summed E-state index contributed by atoms with van der Waals surface area (Å²) in [6, 6.07) is 2.85. The number of allylic oxidation sites excluding steroid dienone is 1. The number of carboxylic acid groups (broad SMARTS) is 1. The van der Waals surface area contributed by atoms with Crippen molar-refractivity contribution in [2.45, 2.75) is 94.2 Å². The lowest BCUT2D eigenvalue weighted by atomic mass is 9.88. The lowest BCUT2D eigenvalue weighted by molar-refractivity contribution is -0.142. The molecule has 1 saturated heterocycles. The summed E-state index contributed by atoms with van der Waals surface area (Å²) >= 11 is 6.36. The third kappa shape index (κ3) is 6.66. The third-order valence-corrected chi connectivity index (χ3v) is 13.5. The second-order valence-electron chi connectivity index (χ2n) is 15.1. The number of sulfonamides is 1. The van der Waals surface area contributed by atoms with Crippen molar-refractivity contribution < 1.29 is 37.4 Å². The number of aromatic nitrogens is 3. The maximum atomic E-state index is 14.4. The van der Waals surface area contributed by atoms with Crippen molar-refractivity contribution in [3.05, 3.63) is 47.8 Å². The van der Waals surface area contributed by atoms with Crippen molar-refractivity contribution in [3.8, 4) is 5.88 Å². The largest absolute Gasteiger partial charge is 0.472 e. The molecule has 4 N–H and O–H groups in total. The summed E-state index contributed by atoms with van der Waals surface area (Å²) in [6.07, 6.45) is 7.82. The van der Waals surface area contributed by atoms with Gasteiger partial charge in [-0.15, -0.1) is 0 Å². The van der Waals surface area contributed by atoms with Gasteiger partial charge >= 0.3 is 6.09 Å². The third-order valence-electron chi connectivity index (χ3n) is 11.1. The first-order valence-corrected chi connectivity index (χ1v) is 19.4. The van der Waals surface area contributed by atoms with E-state index in [2.05, 4.69) is 25.3 Å². The second-order valence-corrected chi connectivity index (χ2v) is 17.7. The van der Waals surface area contributed by atoms with Gasteiger partial charge in [0.1, 0.15) is 23.7 Å². The maximum absolute atomic E-state index is 14.4. The van der Waals surface area contributed by atoms with Gasteiger partial charge in [-0.3, -0.25) is 23.5 Å². The van der Waals surface area contributed by atoms with Crippen LogP contribution in [0.15, 0.2) is 42.7 Å². The molecule has 2 saturated carbocycles. The highest BCUT2D eigenvalue weighted by molar-refractivity contribution is 7.91. The van der Waals surface area contributed by atoms with E-state index in [9.17, 15) is 32.7 Å². The number of ether oxygens (including phenoxy) is 1. The molecule has 0 bridgehead atoms. The highest BCUT2D eigenvalue weighted by atomic mass is 35.5. The van der Waals surface area contributed by atoms with Gasteiger partial charge in [0, 0.05) is 29.8 Å². The van der Waals surface area contributed by atoms with E-state index in [4.69, 9.17) is 16.3 Å². The molecule has 278 valence electrons. The van der Waals surface area contributed by atoms with Crippen molar-refractivity contribution in [2.75, 3.05) is 6.54 Å². The molecule has 7 atom stereocenters. The number of hydrogen-bond donors (Lipinski definition) is 4. The summed E-state index contributed by atoms with van der Waals surface area (Å²) in [5.74, 6) is -2.37. The molecule has 4 aliphatic rings. The number of benzene rings is 1. The first-order valence-electron chi connectivity index (χ1n) is 17.6. The van der Waals surface area contributed by atoms with Crippen LogP contribution in [-0.2, 0) is 24.4 Å². The highest BCUT2D eigenvalue weighted by Gasteiger charge is 2.63. The standard InChI is InChI=1S/C35H42ClN7O8S/c1-19-6-4-5-7-21-17-35(21,31(46)41-52(49,50)34(3)10-11-34)40-28(44)26-16-23(18-43(26)30(45)27(20(2)14-19)38-33(47)48)51-29-24-15-22(36)8-9-25(24)42-13-12-37-32(42)39-29/h5,7-9,12-13,15,19-21,23,26-27,38H,4,6,10-11,14,16-18H2,1-3H3,(H,40,44)(H,41,46)(H,47,48)/b7-5-/t19-,20+,21+,23+,26-,27-,35+/m0/s1. The Kier molecular flexibility index (Phi) is 9.12. The summed E-state index contributed by atoms with van der Waals surface area (Å²) in [5.41, 5.74) is -0.842. The Morgan fingerprint density at radius 1 is 1.17 bits per heavy atom. The van der Waals surface area contributed by atoms with Crippen LogP contribution in [0.4, 0.5) is 4.79 Å². The van der Waals surface area contributed by atoms with Crippen LogP contribution in [-0.4, -0.2) is 91.6 Å². The highest BCUT2D eigenvalue weighted by Crippen LogP contribution is 2.47. The van der Waals surface area contributed by atoms with Gasteiger partial charge in [0.15, 0.2) is 0 Å². The van der Waals surface area contributed by atoms with Gasteiger partial charge in [0.05, 0.1) is 22.2 Å². The Labute approximate surface area is 305 Å². The number of carbonyl (C=O) groups is 4. The summed E-state index contributed by atoms with van der Waals surface area (Å²) in [7, 11) is -4.01. The van der Waals surface area contributed by atoms with Crippen LogP contribution in [0.1, 0.15) is 65.7 Å². The number of imidazole rings is 1. The predicted octanol–water partition coefficient (Wildman–Crippen LogP) is 3.41. The van der Waals surface area contributed by atoms with Gasteiger partial charge < -0.3 is 25.4 Å². The minimum absolute atomic E-state index is 0.0277. The van der Waals surface area contributed by atoms with E-state index in [1.54, 1.807) is 48.8 Å². The van der Waals surface area contributed by atoms with Crippen LogP contribution in [0.25, 0.3) is 16.7 Å². The Morgan fingerprint density at radius 3 is 2.67 bits per heavy atom.